The lowest BCUT2D eigenvalue weighted by Gasteiger charge is -2.21. The van der Waals surface area contributed by atoms with Crippen molar-refractivity contribution in [3.63, 3.8) is 0 Å². The summed E-state index contributed by atoms with van der Waals surface area (Å²) in [6, 6.07) is 0.653. The van der Waals surface area contributed by atoms with Crippen molar-refractivity contribution in [1.29, 1.82) is 0 Å². The first kappa shape index (κ1) is 13.4. The second-order valence-corrected chi connectivity index (χ2v) is 7.05. The number of nitrogens with zero attached hydrogens (tertiary/aromatic N) is 2. The molecule has 0 unspecified atom stereocenters. The Bertz CT molecular complexity index is 518. The maximum atomic E-state index is 4.88. The quantitative estimate of drug-likeness (QED) is 0.802. The first-order valence-corrected chi connectivity index (χ1v) is 8.65. The van der Waals surface area contributed by atoms with E-state index in [2.05, 4.69) is 24.5 Å². The van der Waals surface area contributed by atoms with Gasteiger partial charge in [0.1, 0.15) is 17.5 Å². The highest BCUT2D eigenvalue weighted by molar-refractivity contribution is 5.58. The fraction of sp³-hybridized carbons (Fsp3) is 0.765. The zero-order chi connectivity index (χ0) is 14.4. The van der Waals surface area contributed by atoms with Crippen LogP contribution in [-0.2, 0) is 0 Å². The van der Waals surface area contributed by atoms with Crippen molar-refractivity contribution in [3.05, 3.63) is 11.4 Å². The Balaban J connectivity index is 1.62. The van der Waals surface area contributed by atoms with E-state index in [1.165, 1.54) is 44.1 Å². The van der Waals surface area contributed by atoms with Crippen LogP contribution in [0.25, 0.3) is 0 Å². The van der Waals surface area contributed by atoms with Crippen LogP contribution in [0, 0.1) is 18.8 Å². The standard InChI is InChI=1S/C17H26N4/c1-3-18-15-10(2)16(21-17(20-15)13-8-9-13)19-14(11-4-5-11)12-6-7-12/h11-14H,3-9H2,1-2H3,(H2,18,19,20,21). The van der Waals surface area contributed by atoms with Crippen molar-refractivity contribution in [1.82, 2.24) is 9.97 Å². The summed E-state index contributed by atoms with van der Waals surface area (Å²) in [6.45, 7) is 5.19. The molecule has 3 aliphatic rings. The molecule has 1 aromatic heterocycles. The number of hydrogen-bond donors (Lipinski definition) is 2. The van der Waals surface area contributed by atoms with Crippen LogP contribution in [0.3, 0.4) is 0 Å². The van der Waals surface area contributed by atoms with Gasteiger partial charge in [-0.25, -0.2) is 9.97 Å². The average Bonchev–Trinajstić information content (AvgIpc) is 3.33. The van der Waals surface area contributed by atoms with Crippen LogP contribution in [0.4, 0.5) is 11.6 Å². The van der Waals surface area contributed by atoms with Crippen molar-refractivity contribution in [3.8, 4) is 0 Å². The van der Waals surface area contributed by atoms with E-state index in [9.17, 15) is 0 Å². The summed E-state index contributed by atoms with van der Waals surface area (Å²) in [7, 11) is 0. The summed E-state index contributed by atoms with van der Waals surface area (Å²) >= 11 is 0. The Morgan fingerprint density at radius 2 is 1.62 bits per heavy atom. The molecule has 3 fully saturated rings. The van der Waals surface area contributed by atoms with Crippen molar-refractivity contribution < 1.29 is 0 Å². The molecule has 4 heteroatoms. The van der Waals surface area contributed by atoms with Gasteiger partial charge in [-0.05, 0) is 64.2 Å². The van der Waals surface area contributed by atoms with Gasteiger partial charge >= 0.3 is 0 Å². The molecule has 3 saturated carbocycles. The third kappa shape index (κ3) is 2.85. The number of nitrogens with one attached hydrogen (secondary N) is 2. The Morgan fingerprint density at radius 1 is 1.00 bits per heavy atom. The van der Waals surface area contributed by atoms with E-state index < -0.39 is 0 Å². The molecule has 1 heterocycles. The predicted molar refractivity (Wildman–Crippen MR) is 85.8 cm³/mol. The van der Waals surface area contributed by atoms with Crippen molar-refractivity contribution >= 4 is 11.6 Å². The molecule has 114 valence electrons. The normalized spacial score (nSPS) is 21.7. The third-order valence-electron chi connectivity index (χ3n) is 5.01. The number of rotatable bonds is 7. The summed E-state index contributed by atoms with van der Waals surface area (Å²) < 4.78 is 0. The van der Waals surface area contributed by atoms with E-state index in [0.717, 1.165) is 35.8 Å². The fourth-order valence-corrected chi connectivity index (χ4v) is 3.23. The monoisotopic (exact) mass is 286 g/mol. The van der Waals surface area contributed by atoms with Crippen LogP contribution in [0.2, 0.25) is 0 Å². The molecule has 0 bridgehead atoms. The number of aromatic nitrogens is 2. The molecule has 2 N–H and O–H groups in total. The fourth-order valence-electron chi connectivity index (χ4n) is 3.23. The Kier molecular flexibility index (Phi) is 3.27. The molecule has 0 amide bonds. The van der Waals surface area contributed by atoms with Crippen LogP contribution in [0.1, 0.15) is 62.8 Å². The molecule has 0 aromatic carbocycles. The summed E-state index contributed by atoms with van der Waals surface area (Å²) in [5.41, 5.74) is 1.19. The van der Waals surface area contributed by atoms with Gasteiger partial charge < -0.3 is 10.6 Å². The Morgan fingerprint density at radius 3 is 2.14 bits per heavy atom. The van der Waals surface area contributed by atoms with E-state index in [4.69, 9.17) is 9.97 Å². The molecule has 21 heavy (non-hydrogen) atoms. The lowest BCUT2D eigenvalue weighted by Crippen LogP contribution is -2.26. The molecule has 0 saturated heterocycles. The van der Waals surface area contributed by atoms with Crippen LogP contribution in [-0.4, -0.2) is 22.6 Å². The summed E-state index contributed by atoms with van der Waals surface area (Å²) in [6.07, 6.45) is 8.09. The predicted octanol–water partition coefficient (Wildman–Crippen LogP) is 3.69. The molecule has 0 atom stereocenters. The molecule has 4 rings (SSSR count). The van der Waals surface area contributed by atoms with E-state index >= 15 is 0 Å². The zero-order valence-corrected chi connectivity index (χ0v) is 13.2. The molecule has 1 aromatic rings. The van der Waals surface area contributed by atoms with Gasteiger partial charge in [-0.15, -0.1) is 0 Å². The molecule has 0 radical (unpaired) electrons. The van der Waals surface area contributed by atoms with Gasteiger partial charge in [0, 0.05) is 24.1 Å². The minimum absolute atomic E-state index is 0.601. The van der Waals surface area contributed by atoms with Gasteiger partial charge in [0.05, 0.1) is 0 Å². The molecular weight excluding hydrogens is 260 g/mol. The Labute approximate surface area is 127 Å². The maximum absolute atomic E-state index is 4.88. The smallest absolute Gasteiger partial charge is 0.136 e. The first-order valence-electron chi connectivity index (χ1n) is 8.65. The van der Waals surface area contributed by atoms with Crippen molar-refractivity contribution in [2.24, 2.45) is 11.8 Å². The first-order chi connectivity index (χ1) is 10.3. The van der Waals surface area contributed by atoms with Gasteiger partial charge in [0.25, 0.3) is 0 Å². The highest BCUT2D eigenvalue weighted by atomic mass is 15.1. The zero-order valence-electron chi connectivity index (χ0n) is 13.2. The van der Waals surface area contributed by atoms with Gasteiger partial charge in [-0.1, -0.05) is 0 Å². The summed E-state index contributed by atoms with van der Waals surface area (Å²) in [4.78, 5) is 9.63. The number of anilines is 2. The van der Waals surface area contributed by atoms with Crippen LogP contribution < -0.4 is 10.6 Å². The van der Waals surface area contributed by atoms with Crippen molar-refractivity contribution in [2.45, 2.75) is 64.3 Å². The highest BCUT2D eigenvalue weighted by Crippen LogP contribution is 2.46. The van der Waals surface area contributed by atoms with Crippen LogP contribution in [0.15, 0.2) is 0 Å². The van der Waals surface area contributed by atoms with E-state index in [1.807, 2.05) is 0 Å². The molecule has 3 aliphatic carbocycles. The summed E-state index contributed by atoms with van der Waals surface area (Å²) in [5, 5.41) is 7.21. The lowest BCUT2D eigenvalue weighted by atomic mass is 10.1. The average molecular weight is 286 g/mol. The van der Waals surface area contributed by atoms with Gasteiger partial charge in [-0.2, -0.15) is 0 Å². The van der Waals surface area contributed by atoms with E-state index in [1.54, 1.807) is 0 Å². The van der Waals surface area contributed by atoms with Crippen LogP contribution in [0.5, 0.6) is 0 Å². The van der Waals surface area contributed by atoms with E-state index in [-0.39, 0.29) is 0 Å². The van der Waals surface area contributed by atoms with Crippen LogP contribution >= 0.6 is 0 Å². The molecule has 0 spiro atoms. The minimum Gasteiger partial charge on any atom is -0.370 e. The molecule has 0 aliphatic heterocycles. The topological polar surface area (TPSA) is 49.8 Å². The van der Waals surface area contributed by atoms with Gasteiger partial charge in [-0.3, -0.25) is 0 Å². The SMILES string of the molecule is CCNc1nc(C2CC2)nc(NC(C2CC2)C2CC2)c1C. The molecular formula is C17H26N4. The minimum atomic E-state index is 0.601. The van der Waals surface area contributed by atoms with E-state index in [0.29, 0.717) is 12.0 Å². The second-order valence-electron chi connectivity index (χ2n) is 7.05. The van der Waals surface area contributed by atoms with Gasteiger partial charge in [0.15, 0.2) is 0 Å². The highest BCUT2D eigenvalue weighted by Gasteiger charge is 2.42. The second kappa shape index (κ2) is 5.15. The number of hydrogen-bond acceptors (Lipinski definition) is 4. The summed E-state index contributed by atoms with van der Waals surface area (Å²) in [5.74, 6) is 5.54. The Hall–Kier alpha value is -1.32. The molecule has 4 nitrogen and oxygen atoms in total. The lowest BCUT2D eigenvalue weighted by molar-refractivity contribution is 0.564. The van der Waals surface area contributed by atoms with Gasteiger partial charge in [0.2, 0.25) is 0 Å². The van der Waals surface area contributed by atoms with Crippen molar-refractivity contribution in [2.75, 3.05) is 17.2 Å². The largest absolute Gasteiger partial charge is 0.370 e. The maximum Gasteiger partial charge on any atom is 0.136 e. The third-order valence-corrected chi connectivity index (χ3v) is 5.01.